The molecule has 1 N–H and O–H groups in total. The molecule has 1 amide bonds. The average molecular weight is 435 g/mol. The van der Waals surface area contributed by atoms with Crippen LogP contribution in [0.15, 0.2) is 47.4 Å². The number of nitrogens with one attached hydrogen (secondary N) is 1. The molecule has 2 aromatic rings. The summed E-state index contributed by atoms with van der Waals surface area (Å²) in [6, 6.07) is 9.65. The van der Waals surface area contributed by atoms with Crippen molar-refractivity contribution in [2.75, 3.05) is 13.1 Å². The second-order valence-corrected chi connectivity index (χ2v) is 8.54. The topological polar surface area (TPSA) is 54.3 Å². The van der Waals surface area contributed by atoms with Gasteiger partial charge in [-0.3, -0.25) is 14.5 Å². The molecule has 1 aliphatic rings. The van der Waals surface area contributed by atoms with Crippen molar-refractivity contribution in [2.24, 2.45) is 11.8 Å². The Hall–Kier alpha value is -2.61. The Bertz CT molecular complexity index is 961. The molecular weight excluding hydrogens is 407 g/mol. The molecule has 1 aromatic heterocycles. The molecule has 2 heterocycles. The number of halogens is 3. The third-order valence-electron chi connectivity index (χ3n) is 5.57. The van der Waals surface area contributed by atoms with Crippen LogP contribution in [0.4, 0.5) is 13.2 Å². The molecule has 31 heavy (non-hydrogen) atoms. The van der Waals surface area contributed by atoms with Gasteiger partial charge in [0.1, 0.15) is 12.1 Å². The van der Waals surface area contributed by atoms with Gasteiger partial charge in [0, 0.05) is 32.4 Å². The van der Waals surface area contributed by atoms with E-state index in [0.29, 0.717) is 11.8 Å². The third kappa shape index (κ3) is 6.19. The fourth-order valence-electron chi connectivity index (χ4n) is 4.33. The quantitative estimate of drug-likeness (QED) is 0.754. The first kappa shape index (κ1) is 23.1. The molecule has 1 fully saturated rings. The van der Waals surface area contributed by atoms with Crippen molar-refractivity contribution in [1.82, 2.24) is 14.8 Å². The molecule has 2 atom stereocenters. The first-order valence-corrected chi connectivity index (χ1v) is 10.5. The molecule has 0 radical (unpaired) electrons. The molecule has 5 nitrogen and oxygen atoms in total. The number of rotatable bonds is 6. The molecule has 1 aromatic carbocycles. The van der Waals surface area contributed by atoms with Crippen LogP contribution in [0.3, 0.4) is 0 Å². The molecule has 0 unspecified atom stereocenters. The van der Waals surface area contributed by atoms with E-state index in [1.807, 2.05) is 24.3 Å². The number of carbonyl (C=O) groups excluding carboxylic acids is 1. The second kappa shape index (κ2) is 9.68. The number of carbonyl (C=O) groups is 1. The van der Waals surface area contributed by atoms with E-state index in [9.17, 15) is 22.8 Å². The van der Waals surface area contributed by atoms with Crippen molar-refractivity contribution in [1.29, 1.82) is 0 Å². The first-order valence-electron chi connectivity index (χ1n) is 10.5. The molecule has 1 aliphatic heterocycles. The number of alkyl halides is 3. The summed E-state index contributed by atoms with van der Waals surface area (Å²) in [6.45, 7) is 7.14. The fourth-order valence-corrected chi connectivity index (χ4v) is 4.33. The Labute approximate surface area is 179 Å². The predicted octanol–water partition coefficient (Wildman–Crippen LogP) is 3.66. The van der Waals surface area contributed by atoms with E-state index in [4.69, 9.17) is 0 Å². The molecule has 8 heteroatoms. The molecule has 0 saturated carbocycles. The average Bonchev–Trinajstić information content (AvgIpc) is 2.67. The summed E-state index contributed by atoms with van der Waals surface area (Å²) in [5, 5.41) is 2.73. The molecule has 168 valence electrons. The summed E-state index contributed by atoms with van der Waals surface area (Å²) in [5.41, 5.74) is -0.435. The zero-order valence-corrected chi connectivity index (χ0v) is 17.8. The Balaban J connectivity index is 1.63. The van der Waals surface area contributed by atoms with E-state index in [2.05, 4.69) is 24.1 Å². The van der Waals surface area contributed by atoms with Crippen LogP contribution < -0.4 is 10.9 Å². The van der Waals surface area contributed by atoms with Crippen LogP contribution in [-0.4, -0.2) is 28.5 Å². The molecule has 0 spiro atoms. The van der Waals surface area contributed by atoms with E-state index in [-0.39, 0.29) is 6.54 Å². The van der Waals surface area contributed by atoms with Crippen LogP contribution >= 0.6 is 0 Å². The molecule has 0 bridgehead atoms. The number of pyridine rings is 1. The number of amides is 1. The normalized spacial score (nSPS) is 19.9. The van der Waals surface area contributed by atoms with Crippen molar-refractivity contribution < 1.29 is 18.0 Å². The number of nitrogens with zero attached hydrogens (tertiary/aromatic N) is 2. The minimum atomic E-state index is -4.75. The number of hydrogen-bond donors (Lipinski definition) is 1. The Morgan fingerprint density at radius 1 is 1.06 bits per heavy atom. The summed E-state index contributed by atoms with van der Waals surface area (Å²) in [4.78, 5) is 26.8. The lowest BCUT2D eigenvalue weighted by molar-refractivity contribution is -0.139. The largest absolute Gasteiger partial charge is 0.421 e. The monoisotopic (exact) mass is 435 g/mol. The van der Waals surface area contributed by atoms with Gasteiger partial charge in [-0.05, 0) is 41.5 Å². The van der Waals surface area contributed by atoms with Gasteiger partial charge in [0.2, 0.25) is 5.91 Å². The van der Waals surface area contributed by atoms with Crippen molar-refractivity contribution in [3.63, 3.8) is 0 Å². The fraction of sp³-hybridized carbons (Fsp3) is 0.478. The van der Waals surface area contributed by atoms with Gasteiger partial charge in [-0.2, -0.15) is 13.2 Å². The van der Waals surface area contributed by atoms with Crippen molar-refractivity contribution in [3.05, 3.63) is 69.6 Å². The summed E-state index contributed by atoms with van der Waals surface area (Å²) < 4.78 is 39.5. The second-order valence-electron chi connectivity index (χ2n) is 8.54. The number of piperidine rings is 1. The standard InChI is InChI=1S/C23H28F3N3O2/c1-16-10-17(2)13-28(12-16)14-19-7-4-3-6-18(19)11-27-21(30)15-29-9-5-8-20(22(29)31)23(24,25)26/h3-9,16-17H,10-15H2,1-2H3,(H,27,30)/t16-,17-/m1/s1. The van der Waals surface area contributed by atoms with Gasteiger partial charge in [0.05, 0.1) is 0 Å². The first-order chi connectivity index (χ1) is 14.6. The third-order valence-corrected chi connectivity index (χ3v) is 5.57. The maximum absolute atomic E-state index is 12.9. The van der Waals surface area contributed by atoms with Crippen molar-refractivity contribution in [3.8, 4) is 0 Å². The minimum Gasteiger partial charge on any atom is -0.350 e. The number of hydrogen-bond acceptors (Lipinski definition) is 3. The Morgan fingerprint density at radius 3 is 2.35 bits per heavy atom. The Morgan fingerprint density at radius 2 is 1.71 bits per heavy atom. The van der Waals surface area contributed by atoms with Crippen LogP contribution in [0.25, 0.3) is 0 Å². The van der Waals surface area contributed by atoms with E-state index < -0.39 is 29.8 Å². The van der Waals surface area contributed by atoms with Crippen LogP contribution in [0.5, 0.6) is 0 Å². The summed E-state index contributed by atoms with van der Waals surface area (Å²) >= 11 is 0. The van der Waals surface area contributed by atoms with Gasteiger partial charge in [-0.25, -0.2) is 0 Å². The van der Waals surface area contributed by atoms with Gasteiger partial charge in [0.15, 0.2) is 0 Å². The van der Waals surface area contributed by atoms with E-state index in [0.717, 1.165) is 47.5 Å². The summed E-state index contributed by atoms with van der Waals surface area (Å²) in [6.07, 6.45) is -2.34. The minimum absolute atomic E-state index is 0.252. The van der Waals surface area contributed by atoms with E-state index in [1.54, 1.807) is 0 Å². The highest BCUT2D eigenvalue weighted by Gasteiger charge is 2.34. The van der Waals surface area contributed by atoms with Crippen LogP contribution in [-0.2, 0) is 30.6 Å². The zero-order chi connectivity index (χ0) is 22.6. The van der Waals surface area contributed by atoms with Gasteiger partial charge < -0.3 is 9.88 Å². The lowest BCUT2D eigenvalue weighted by atomic mass is 9.91. The van der Waals surface area contributed by atoms with Gasteiger partial charge in [-0.15, -0.1) is 0 Å². The van der Waals surface area contributed by atoms with Crippen LogP contribution in [0, 0.1) is 11.8 Å². The van der Waals surface area contributed by atoms with E-state index >= 15 is 0 Å². The van der Waals surface area contributed by atoms with E-state index in [1.165, 1.54) is 12.6 Å². The molecule has 0 aliphatic carbocycles. The highest BCUT2D eigenvalue weighted by atomic mass is 19.4. The lowest BCUT2D eigenvalue weighted by Gasteiger charge is -2.35. The predicted molar refractivity (Wildman–Crippen MR) is 112 cm³/mol. The van der Waals surface area contributed by atoms with Gasteiger partial charge in [0.25, 0.3) is 5.56 Å². The molecule has 3 rings (SSSR count). The number of likely N-dealkylation sites (tertiary alicyclic amines) is 1. The highest BCUT2D eigenvalue weighted by molar-refractivity contribution is 5.75. The van der Waals surface area contributed by atoms with Crippen molar-refractivity contribution in [2.45, 2.75) is 46.1 Å². The SMILES string of the molecule is C[C@@H]1C[C@@H](C)CN(Cc2ccccc2CNC(=O)Cn2cccc(C(F)(F)F)c2=O)C1. The van der Waals surface area contributed by atoms with Crippen LogP contribution in [0.2, 0.25) is 0 Å². The zero-order valence-electron chi connectivity index (χ0n) is 17.8. The van der Waals surface area contributed by atoms with Gasteiger partial charge >= 0.3 is 6.18 Å². The number of aromatic nitrogens is 1. The maximum Gasteiger partial charge on any atom is 0.421 e. The molecule has 1 saturated heterocycles. The summed E-state index contributed by atoms with van der Waals surface area (Å²) in [5.74, 6) is 0.763. The lowest BCUT2D eigenvalue weighted by Crippen LogP contribution is -2.38. The summed E-state index contributed by atoms with van der Waals surface area (Å²) in [7, 11) is 0. The molecular formula is C23H28F3N3O2. The van der Waals surface area contributed by atoms with Crippen LogP contribution in [0.1, 0.15) is 37.0 Å². The Kier molecular flexibility index (Phi) is 7.20. The maximum atomic E-state index is 12.9. The van der Waals surface area contributed by atoms with Crippen molar-refractivity contribution >= 4 is 5.91 Å². The highest BCUT2D eigenvalue weighted by Crippen LogP contribution is 2.26. The smallest absolute Gasteiger partial charge is 0.350 e. The number of benzene rings is 1. The van der Waals surface area contributed by atoms with Gasteiger partial charge in [-0.1, -0.05) is 38.1 Å².